The summed E-state index contributed by atoms with van der Waals surface area (Å²) >= 11 is 0. The van der Waals surface area contributed by atoms with Crippen molar-refractivity contribution in [3.63, 3.8) is 0 Å². The summed E-state index contributed by atoms with van der Waals surface area (Å²) in [7, 11) is 0. The van der Waals surface area contributed by atoms with Gasteiger partial charge in [-0.15, -0.1) is 0 Å². The minimum atomic E-state index is 0.883. The van der Waals surface area contributed by atoms with Gasteiger partial charge < -0.3 is 0 Å². The van der Waals surface area contributed by atoms with Crippen LogP contribution in [0.2, 0.25) is 0 Å². The maximum Gasteiger partial charge on any atom is 0.145 e. The minimum absolute atomic E-state index is 0.883. The molecule has 0 N–H and O–H groups in total. The van der Waals surface area contributed by atoms with Crippen molar-refractivity contribution in [2.75, 3.05) is 0 Å². The highest BCUT2D eigenvalue weighted by Crippen LogP contribution is 2.46. The molecule has 0 aliphatic carbocycles. The fraction of sp³-hybridized carbons (Fsp3) is 0.0208. The van der Waals surface area contributed by atoms with Crippen LogP contribution in [0.3, 0.4) is 0 Å². The Bertz CT molecular complexity index is 2850. The molecule has 0 unspecified atom stereocenters. The van der Waals surface area contributed by atoms with Crippen LogP contribution < -0.4 is 0 Å². The molecule has 236 valence electrons. The van der Waals surface area contributed by atoms with E-state index in [4.69, 9.17) is 4.98 Å². The van der Waals surface area contributed by atoms with Crippen molar-refractivity contribution in [1.82, 2.24) is 9.55 Å². The molecule has 50 heavy (non-hydrogen) atoms. The van der Waals surface area contributed by atoms with E-state index in [-0.39, 0.29) is 0 Å². The van der Waals surface area contributed by atoms with Gasteiger partial charge in [-0.05, 0) is 115 Å². The van der Waals surface area contributed by atoms with E-state index in [0.29, 0.717) is 0 Å². The first-order chi connectivity index (χ1) is 24.7. The number of hydrogen-bond donors (Lipinski definition) is 0. The number of rotatable bonds is 6. The van der Waals surface area contributed by atoms with Crippen LogP contribution in [0.1, 0.15) is 6.92 Å². The molecule has 9 aromatic rings. The summed E-state index contributed by atoms with van der Waals surface area (Å²) in [6.45, 7) is 6.22. The van der Waals surface area contributed by atoms with Gasteiger partial charge in [-0.2, -0.15) is 0 Å². The molecular weight excluding hydrogens is 605 g/mol. The van der Waals surface area contributed by atoms with Gasteiger partial charge in [0.05, 0.1) is 11.0 Å². The Morgan fingerprint density at radius 2 is 1.08 bits per heavy atom. The summed E-state index contributed by atoms with van der Waals surface area (Å²) < 4.78 is 2.23. The molecule has 2 heteroatoms. The highest BCUT2D eigenvalue weighted by molar-refractivity contribution is 6.22. The molecular formula is C48H34N2. The second kappa shape index (κ2) is 12.2. The molecule has 2 nitrogen and oxygen atoms in total. The lowest BCUT2D eigenvalue weighted by Gasteiger charge is -2.19. The molecule has 0 aliphatic rings. The van der Waals surface area contributed by atoms with Crippen LogP contribution in [0.25, 0.3) is 93.5 Å². The van der Waals surface area contributed by atoms with E-state index in [2.05, 4.69) is 169 Å². The average Bonchev–Trinajstić information content (AvgIpc) is 3.56. The SMILES string of the molecule is C=C/C(=C\C=C/C)n1c(-c2ccc3c(-c4ccc5ccccc5c4)c4ccccc4c(-c4ccc5ccccc5c4)c3c2)nc2ccccc21. The maximum atomic E-state index is 5.24. The molecule has 0 saturated heterocycles. The quantitative estimate of drug-likeness (QED) is 0.131. The molecule has 0 aliphatic heterocycles. The van der Waals surface area contributed by atoms with Crippen LogP contribution in [0.4, 0.5) is 0 Å². The zero-order chi connectivity index (χ0) is 33.6. The van der Waals surface area contributed by atoms with Gasteiger partial charge in [0.1, 0.15) is 5.82 Å². The van der Waals surface area contributed by atoms with Crippen LogP contribution in [-0.2, 0) is 0 Å². The largest absolute Gasteiger partial charge is 0.292 e. The smallest absolute Gasteiger partial charge is 0.145 e. The Balaban J connectivity index is 1.41. The van der Waals surface area contributed by atoms with Crippen LogP contribution in [0, 0.1) is 0 Å². The summed E-state index contributed by atoms with van der Waals surface area (Å²) in [5.74, 6) is 0.883. The lowest BCUT2D eigenvalue weighted by molar-refractivity contribution is 1.15. The zero-order valence-corrected chi connectivity index (χ0v) is 27.8. The predicted octanol–water partition coefficient (Wildman–Crippen LogP) is 13.3. The molecule has 0 spiro atoms. The first-order valence-corrected chi connectivity index (χ1v) is 17.1. The number of para-hydroxylation sites is 2. The highest BCUT2D eigenvalue weighted by atomic mass is 15.1. The molecule has 0 radical (unpaired) electrons. The second-order valence-corrected chi connectivity index (χ2v) is 12.8. The molecule has 1 heterocycles. The van der Waals surface area contributed by atoms with Gasteiger partial charge in [-0.25, -0.2) is 4.98 Å². The molecule has 0 saturated carbocycles. The van der Waals surface area contributed by atoms with Crippen LogP contribution in [0.15, 0.2) is 183 Å². The number of hydrogen-bond acceptors (Lipinski definition) is 1. The Morgan fingerprint density at radius 1 is 0.540 bits per heavy atom. The fourth-order valence-corrected chi connectivity index (χ4v) is 7.54. The maximum absolute atomic E-state index is 5.24. The van der Waals surface area contributed by atoms with Gasteiger partial charge in [0, 0.05) is 11.3 Å². The van der Waals surface area contributed by atoms with Gasteiger partial charge in [0.25, 0.3) is 0 Å². The van der Waals surface area contributed by atoms with E-state index in [1.54, 1.807) is 0 Å². The second-order valence-electron chi connectivity index (χ2n) is 12.8. The van der Waals surface area contributed by atoms with Gasteiger partial charge in [0.2, 0.25) is 0 Å². The van der Waals surface area contributed by atoms with E-state index >= 15 is 0 Å². The summed E-state index contributed by atoms with van der Waals surface area (Å²) in [5.41, 5.74) is 8.87. The van der Waals surface area contributed by atoms with Gasteiger partial charge in [-0.3, -0.25) is 4.57 Å². The average molecular weight is 639 g/mol. The molecule has 0 amide bonds. The summed E-state index contributed by atoms with van der Waals surface area (Å²) in [5, 5.41) is 9.79. The molecule has 1 aromatic heterocycles. The highest BCUT2D eigenvalue weighted by Gasteiger charge is 2.20. The molecule has 8 aromatic carbocycles. The summed E-state index contributed by atoms with van der Waals surface area (Å²) in [6, 6.07) is 55.0. The zero-order valence-electron chi connectivity index (χ0n) is 27.8. The van der Waals surface area contributed by atoms with E-state index < -0.39 is 0 Å². The number of nitrogens with zero attached hydrogens (tertiary/aromatic N) is 2. The van der Waals surface area contributed by atoms with Gasteiger partial charge >= 0.3 is 0 Å². The lowest BCUT2D eigenvalue weighted by atomic mass is 9.84. The van der Waals surface area contributed by atoms with Crippen LogP contribution >= 0.6 is 0 Å². The van der Waals surface area contributed by atoms with Crippen molar-refractivity contribution in [2.24, 2.45) is 0 Å². The van der Waals surface area contributed by atoms with Crippen molar-refractivity contribution in [3.05, 3.63) is 183 Å². The lowest BCUT2D eigenvalue weighted by Crippen LogP contribution is -1.99. The number of allylic oxidation sites excluding steroid dienone is 5. The van der Waals surface area contributed by atoms with E-state index in [0.717, 1.165) is 28.1 Å². The first kappa shape index (κ1) is 29.6. The van der Waals surface area contributed by atoms with Crippen molar-refractivity contribution in [3.8, 4) is 33.6 Å². The predicted molar refractivity (Wildman–Crippen MR) is 215 cm³/mol. The number of benzene rings is 8. The third kappa shape index (κ3) is 4.84. The minimum Gasteiger partial charge on any atom is -0.292 e. The molecule has 0 bridgehead atoms. The van der Waals surface area contributed by atoms with Crippen molar-refractivity contribution >= 4 is 59.8 Å². The monoisotopic (exact) mass is 638 g/mol. The van der Waals surface area contributed by atoms with E-state index in [9.17, 15) is 0 Å². The van der Waals surface area contributed by atoms with Crippen molar-refractivity contribution in [2.45, 2.75) is 6.92 Å². The molecule has 0 atom stereocenters. The fourth-order valence-electron chi connectivity index (χ4n) is 7.54. The Hall–Kier alpha value is -6.51. The third-order valence-corrected chi connectivity index (χ3v) is 9.85. The van der Waals surface area contributed by atoms with E-state index in [1.807, 2.05) is 25.1 Å². The van der Waals surface area contributed by atoms with E-state index in [1.165, 1.54) is 65.3 Å². The van der Waals surface area contributed by atoms with Crippen molar-refractivity contribution in [1.29, 1.82) is 0 Å². The normalized spacial score (nSPS) is 12.2. The number of fused-ring (bicyclic) bond motifs is 5. The van der Waals surface area contributed by atoms with Gasteiger partial charge in [-0.1, -0.05) is 140 Å². The Labute approximate surface area is 291 Å². The molecule has 9 rings (SSSR count). The van der Waals surface area contributed by atoms with Crippen molar-refractivity contribution < 1.29 is 0 Å². The first-order valence-electron chi connectivity index (χ1n) is 17.1. The van der Waals surface area contributed by atoms with Gasteiger partial charge in [0.15, 0.2) is 0 Å². The number of imidazole rings is 1. The Kier molecular flexibility index (Phi) is 7.21. The Morgan fingerprint density at radius 3 is 1.72 bits per heavy atom. The summed E-state index contributed by atoms with van der Waals surface area (Å²) in [6.07, 6.45) is 8.09. The third-order valence-electron chi connectivity index (χ3n) is 9.85. The topological polar surface area (TPSA) is 17.8 Å². The van der Waals surface area contributed by atoms with Crippen LogP contribution in [0.5, 0.6) is 0 Å². The number of aromatic nitrogens is 2. The summed E-state index contributed by atoms with van der Waals surface area (Å²) in [4.78, 5) is 5.24. The molecule has 0 fully saturated rings. The standard InChI is InChI=1S/C48H34N2/c1-3-5-18-39(4-2)50-45-22-13-12-21-44(45)49-48(50)38-27-28-42-43(31-38)47(37-26-24-33-15-7-9-17-35(33)30-37)41-20-11-10-19-40(41)46(42)36-25-23-32-14-6-8-16-34(32)29-36/h3-31H,2H2,1H3/b5-3-,39-18+. The van der Waals surface area contributed by atoms with Crippen LogP contribution in [-0.4, -0.2) is 9.55 Å².